The zero-order valence-corrected chi connectivity index (χ0v) is 12.5. The Morgan fingerprint density at radius 2 is 1.90 bits per heavy atom. The first-order valence-corrected chi connectivity index (χ1v) is 6.81. The Kier molecular flexibility index (Phi) is 4.71. The lowest BCUT2D eigenvalue weighted by molar-refractivity contribution is -0.461. The normalized spacial score (nSPS) is 17.0. The summed E-state index contributed by atoms with van der Waals surface area (Å²) in [7, 11) is 0. The number of hydroxylamine groups is 2. The number of aromatic nitrogens is 1. The van der Waals surface area contributed by atoms with E-state index in [0.29, 0.717) is 13.1 Å². The van der Waals surface area contributed by atoms with Gasteiger partial charge in [-0.3, -0.25) is 0 Å². The zero-order valence-electron chi connectivity index (χ0n) is 12.5. The van der Waals surface area contributed by atoms with E-state index < -0.39 is 4.92 Å². The largest absolute Gasteiger partial charge is 0.366 e. The van der Waals surface area contributed by atoms with Crippen molar-refractivity contribution < 1.29 is 14.8 Å². The van der Waals surface area contributed by atoms with Crippen molar-refractivity contribution in [3.05, 3.63) is 28.4 Å². The second-order valence-electron chi connectivity index (χ2n) is 5.82. The monoisotopic (exact) mass is 296 g/mol. The van der Waals surface area contributed by atoms with Crippen molar-refractivity contribution in [2.45, 2.75) is 26.4 Å². The van der Waals surface area contributed by atoms with Crippen LogP contribution < -0.4 is 4.90 Å². The smallest absolute Gasteiger partial charge is 0.363 e. The number of hydrogen-bond acceptors (Lipinski definition) is 7. The fourth-order valence-corrected chi connectivity index (χ4v) is 1.86. The van der Waals surface area contributed by atoms with E-state index in [0.717, 1.165) is 18.8 Å². The Morgan fingerprint density at radius 3 is 2.38 bits per heavy atom. The van der Waals surface area contributed by atoms with Crippen LogP contribution in [0.15, 0.2) is 18.3 Å². The Hall–Kier alpha value is -1.77. The maximum Gasteiger partial charge on any atom is 0.363 e. The molecule has 1 aliphatic rings. The van der Waals surface area contributed by atoms with Crippen molar-refractivity contribution in [1.82, 2.24) is 10.0 Å². The summed E-state index contributed by atoms with van der Waals surface area (Å²) >= 11 is 0. The Bertz CT molecular complexity index is 478. The molecule has 0 saturated carbocycles. The maximum atomic E-state index is 10.6. The Morgan fingerprint density at radius 1 is 1.24 bits per heavy atom. The van der Waals surface area contributed by atoms with Gasteiger partial charge in [0.05, 0.1) is 11.3 Å². The van der Waals surface area contributed by atoms with Crippen LogP contribution >= 0.6 is 0 Å². The highest BCUT2D eigenvalue weighted by molar-refractivity contribution is 5.46. The van der Waals surface area contributed by atoms with Crippen molar-refractivity contribution in [2.24, 2.45) is 0 Å². The summed E-state index contributed by atoms with van der Waals surface area (Å²) in [6.07, 6.45) is 1.53. The van der Waals surface area contributed by atoms with Crippen molar-refractivity contribution in [3.8, 4) is 0 Å². The van der Waals surface area contributed by atoms with E-state index in [1.165, 1.54) is 12.3 Å². The number of anilines is 1. The van der Waals surface area contributed by atoms with Crippen LogP contribution in [0.5, 0.6) is 0 Å². The first-order chi connectivity index (χ1) is 9.85. The quantitative estimate of drug-likeness (QED) is 0.476. The van der Waals surface area contributed by atoms with Crippen LogP contribution in [0, 0.1) is 10.1 Å². The lowest BCUT2D eigenvalue weighted by Gasteiger charge is -2.34. The Labute approximate surface area is 123 Å². The predicted molar refractivity (Wildman–Crippen MR) is 76.6 cm³/mol. The number of rotatable bonds is 4. The molecule has 1 aromatic heterocycles. The van der Waals surface area contributed by atoms with Crippen molar-refractivity contribution in [3.63, 3.8) is 0 Å². The molecule has 2 rings (SSSR count). The third-order valence-electron chi connectivity index (χ3n) is 2.92. The summed E-state index contributed by atoms with van der Waals surface area (Å²) in [5.74, 6) is -0.140. The number of pyridine rings is 1. The van der Waals surface area contributed by atoms with Gasteiger partial charge in [-0.05, 0) is 36.7 Å². The van der Waals surface area contributed by atoms with Crippen LogP contribution in [0.3, 0.4) is 0 Å². The highest BCUT2D eigenvalue weighted by Crippen LogP contribution is 2.18. The molecule has 2 heterocycles. The Balaban J connectivity index is 1.84. The van der Waals surface area contributed by atoms with Gasteiger partial charge < -0.3 is 15.0 Å². The summed E-state index contributed by atoms with van der Waals surface area (Å²) in [4.78, 5) is 26.6. The molecule has 8 nitrogen and oxygen atoms in total. The van der Waals surface area contributed by atoms with Crippen LogP contribution in [0.1, 0.15) is 20.8 Å². The first-order valence-electron chi connectivity index (χ1n) is 6.81. The highest BCUT2D eigenvalue weighted by atomic mass is 17.3. The first kappa shape index (κ1) is 15.6. The van der Waals surface area contributed by atoms with E-state index >= 15 is 0 Å². The fraction of sp³-hybridized carbons (Fsp3) is 0.615. The molecule has 0 atom stereocenters. The molecular formula is C13H20N4O4. The van der Waals surface area contributed by atoms with Gasteiger partial charge in [0, 0.05) is 32.2 Å². The van der Waals surface area contributed by atoms with Gasteiger partial charge in [0.25, 0.3) is 0 Å². The molecule has 0 amide bonds. The van der Waals surface area contributed by atoms with E-state index in [9.17, 15) is 10.1 Å². The fourth-order valence-electron chi connectivity index (χ4n) is 1.86. The van der Waals surface area contributed by atoms with Gasteiger partial charge in [-0.25, -0.2) is 4.89 Å². The second-order valence-corrected chi connectivity index (χ2v) is 5.82. The number of nitrogens with zero attached hydrogens (tertiary/aromatic N) is 4. The molecule has 0 spiro atoms. The van der Waals surface area contributed by atoms with E-state index in [4.69, 9.17) is 9.88 Å². The minimum atomic E-state index is -0.501. The minimum absolute atomic E-state index is 0.140. The average molecular weight is 296 g/mol. The molecular weight excluding hydrogens is 276 g/mol. The molecule has 8 heteroatoms. The zero-order chi connectivity index (χ0) is 15.5. The van der Waals surface area contributed by atoms with Crippen LogP contribution in [0.4, 0.5) is 11.5 Å². The number of piperazine rings is 1. The van der Waals surface area contributed by atoms with Gasteiger partial charge in [-0.1, -0.05) is 0 Å². The number of nitro groups is 1. The molecule has 1 saturated heterocycles. The van der Waals surface area contributed by atoms with Gasteiger partial charge in [-0.2, -0.15) is 5.06 Å². The maximum absolute atomic E-state index is 10.6. The molecule has 116 valence electrons. The molecule has 0 N–H and O–H groups in total. The minimum Gasteiger partial charge on any atom is -0.366 e. The van der Waals surface area contributed by atoms with Gasteiger partial charge in [0.15, 0.2) is 6.20 Å². The molecule has 1 aliphatic heterocycles. The van der Waals surface area contributed by atoms with Crippen LogP contribution in [0.25, 0.3) is 0 Å². The van der Waals surface area contributed by atoms with E-state index in [2.05, 4.69) is 9.88 Å². The molecule has 1 aromatic rings. The standard InChI is InChI=1S/C13H20N4O4/c1-13(2,3)20-21-16-8-6-15(7-9-16)11-4-5-12(14-10-11)17(18)19/h4-5,10H,6-9H2,1-3H3. The van der Waals surface area contributed by atoms with Crippen LogP contribution in [-0.2, 0) is 9.88 Å². The van der Waals surface area contributed by atoms with Gasteiger partial charge in [0.2, 0.25) is 0 Å². The average Bonchev–Trinajstić information content (AvgIpc) is 2.45. The van der Waals surface area contributed by atoms with Crippen molar-refractivity contribution in [1.29, 1.82) is 0 Å². The van der Waals surface area contributed by atoms with E-state index in [1.807, 2.05) is 20.8 Å². The summed E-state index contributed by atoms with van der Waals surface area (Å²) < 4.78 is 0. The van der Waals surface area contributed by atoms with Gasteiger partial charge in [-0.15, -0.1) is 4.99 Å². The molecule has 0 aromatic carbocycles. The summed E-state index contributed by atoms with van der Waals surface area (Å²) in [5.41, 5.74) is 0.524. The molecule has 0 unspecified atom stereocenters. The van der Waals surface area contributed by atoms with Crippen molar-refractivity contribution in [2.75, 3.05) is 31.1 Å². The predicted octanol–water partition coefficient (Wildman–Crippen LogP) is 1.77. The van der Waals surface area contributed by atoms with E-state index in [-0.39, 0.29) is 11.4 Å². The van der Waals surface area contributed by atoms with Crippen LogP contribution in [0.2, 0.25) is 0 Å². The van der Waals surface area contributed by atoms with E-state index in [1.54, 1.807) is 11.1 Å². The lowest BCUT2D eigenvalue weighted by Crippen LogP contribution is -2.47. The molecule has 1 fully saturated rings. The summed E-state index contributed by atoms with van der Waals surface area (Å²) in [6.45, 7) is 8.63. The van der Waals surface area contributed by atoms with Crippen molar-refractivity contribution >= 4 is 11.5 Å². The third-order valence-corrected chi connectivity index (χ3v) is 2.92. The molecule has 0 bridgehead atoms. The third kappa shape index (κ3) is 4.62. The number of hydrogen-bond donors (Lipinski definition) is 0. The molecule has 0 aliphatic carbocycles. The SMILES string of the molecule is CC(C)(C)OON1CCN(c2ccc([N+](=O)[O-])nc2)CC1. The second kappa shape index (κ2) is 6.33. The van der Waals surface area contributed by atoms with Gasteiger partial charge in [0.1, 0.15) is 0 Å². The van der Waals surface area contributed by atoms with Gasteiger partial charge >= 0.3 is 5.82 Å². The highest BCUT2D eigenvalue weighted by Gasteiger charge is 2.22. The van der Waals surface area contributed by atoms with Crippen LogP contribution in [-0.4, -0.2) is 46.8 Å². The lowest BCUT2D eigenvalue weighted by atomic mass is 10.2. The topological polar surface area (TPSA) is 81.0 Å². The molecule has 21 heavy (non-hydrogen) atoms. The molecule has 0 radical (unpaired) electrons. The summed E-state index contributed by atoms with van der Waals surface area (Å²) in [5, 5.41) is 12.3. The summed E-state index contributed by atoms with van der Waals surface area (Å²) in [6, 6.07) is 3.13.